The zero-order chi connectivity index (χ0) is 19.0. The standard InChI is InChI=1S/C19H20F3N5/c1-2-13-4-3-5-15-18(13)25-12-27(15)14-6-8-26(9-7-14)17-10-16(19(20,21)22)23-11-24-17/h3-5,10-12,14H,2,6-9H2,1H3. The smallest absolute Gasteiger partial charge is 0.356 e. The number of nitrogens with zero attached hydrogens (tertiary/aromatic N) is 5. The van der Waals surface area contributed by atoms with E-state index in [1.807, 2.05) is 17.3 Å². The molecule has 1 aromatic carbocycles. The highest BCUT2D eigenvalue weighted by Crippen LogP contribution is 2.32. The Bertz CT molecular complexity index is 942. The Kier molecular flexibility index (Phi) is 4.49. The van der Waals surface area contributed by atoms with Crippen molar-refractivity contribution in [3.63, 3.8) is 0 Å². The van der Waals surface area contributed by atoms with Gasteiger partial charge in [0, 0.05) is 25.2 Å². The van der Waals surface area contributed by atoms with Crippen molar-refractivity contribution in [1.29, 1.82) is 0 Å². The van der Waals surface area contributed by atoms with Gasteiger partial charge in [0.05, 0.1) is 17.4 Å². The van der Waals surface area contributed by atoms with Crippen molar-refractivity contribution >= 4 is 16.9 Å². The number of benzene rings is 1. The lowest BCUT2D eigenvalue weighted by atomic mass is 10.0. The zero-order valence-corrected chi connectivity index (χ0v) is 14.9. The molecule has 0 spiro atoms. The van der Waals surface area contributed by atoms with E-state index in [2.05, 4.69) is 38.6 Å². The molecule has 4 rings (SSSR count). The van der Waals surface area contributed by atoms with Gasteiger partial charge in [-0.3, -0.25) is 0 Å². The lowest BCUT2D eigenvalue weighted by molar-refractivity contribution is -0.141. The summed E-state index contributed by atoms with van der Waals surface area (Å²) in [7, 11) is 0. The van der Waals surface area contributed by atoms with Crippen LogP contribution < -0.4 is 4.90 Å². The maximum absolute atomic E-state index is 12.9. The topological polar surface area (TPSA) is 46.8 Å². The molecule has 1 fully saturated rings. The van der Waals surface area contributed by atoms with E-state index in [0.29, 0.717) is 18.9 Å². The molecule has 0 radical (unpaired) electrons. The summed E-state index contributed by atoms with van der Waals surface area (Å²) in [5.41, 5.74) is 2.48. The number of hydrogen-bond donors (Lipinski definition) is 0. The minimum Gasteiger partial charge on any atom is -0.356 e. The van der Waals surface area contributed by atoms with Crippen LogP contribution >= 0.6 is 0 Å². The first-order chi connectivity index (χ1) is 13.0. The fourth-order valence-corrected chi connectivity index (χ4v) is 3.74. The third-order valence-electron chi connectivity index (χ3n) is 5.19. The second kappa shape index (κ2) is 6.83. The van der Waals surface area contributed by atoms with Crippen molar-refractivity contribution in [2.24, 2.45) is 0 Å². The highest BCUT2D eigenvalue weighted by atomic mass is 19.4. The number of hydrogen-bond acceptors (Lipinski definition) is 4. The van der Waals surface area contributed by atoms with E-state index in [1.54, 1.807) is 0 Å². The maximum Gasteiger partial charge on any atom is 0.433 e. The normalized spacial score (nSPS) is 16.2. The highest BCUT2D eigenvalue weighted by molar-refractivity contribution is 5.79. The number of para-hydroxylation sites is 1. The Labute approximate surface area is 154 Å². The fraction of sp³-hybridized carbons (Fsp3) is 0.421. The number of imidazole rings is 1. The quantitative estimate of drug-likeness (QED) is 0.687. The van der Waals surface area contributed by atoms with E-state index in [0.717, 1.165) is 42.7 Å². The van der Waals surface area contributed by atoms with Crippen LogP contribution in [0, 0.1) is 0 Å². The van der Waals surface area contributed by atoms with Gasteiger partial charge in [-0.25, -0.2) is 15.0 Å². The van der Waals surface area contributed by atoms with Crippen LogP contribution in [0.4, 0.5) is 19.0 Å². The van der Waals surface area contributed by atoms with Crippen LogP contribution in [-0.2, 0) is 12.6 Å². The predicted octanol–water partition coefficient (Wildman–Crippen LogP) is 4.25. The van der Waals surface area contributed by atoms with Crippen LogP contribution in [0.3, 0.4) is 0 Å². The monoisotopic (exact) mass is 375 g/mol. The number of aryl methyl sites for hydroxylation is 1. The number of anilines is 1. The SMILES string of the molecule is CCc1cccc2c1ncn2C1CCN(c2cc(C(F)(F)F)ncn2)CC1. The van der Waals surface area contributed by atoms with Gasteiger partial charge in [-0.2, -0.15) is 13.2 Å². The van der Waals surface area contributed by atoms with Crippen molar-refractivity contribution in [2.75, 3.05) is 18.0 Å². The number of alkyl halides is 3. The molecule has 0 unspecified atom stereocenters. The highest BCUT2D eigenvalue weighted by Gasteiger charge is 2.33. The number of halogens is 3. The summed E-state index contributed by atoms with van der Waals surface area (Å²) in [6, 6.07) is 7.53. The van der Waals surface area contributed by atoms with Crippen LogP contribution in [0.25, 0.3) is 11.0 Å². The number of rotatable bonds is 3. The van der Waals surface area contributed by atoms with E-state index in [-0.39, 0.29) is 6.04 Å². The summed E-state index contributed by atoms with van der Waals surface area (Å²) >= 11 is 0. The molecule has 0 bridgehead atoms. The largest absolute Gasteiger partial charge is 0.433 e. The lowest BCUT2D eigenvalue weighted by Gasteiger charge is -2.33. The molecule has 5 nitrogen and oxygen atoms in total. The molecule has 1 saturated heterocycles. The number of fused-ring (bicyclic) bond motifs is 1. The van der Waals surface area contributed by atoms with Gasteiger partial charge in [-0.1, -0.05) is 19.1 Å². The van der Waals surface area contributed by atoms with Gasteiger partial charge in [0.1, 0.15) is 17.8 Å². The van der Waals surface area contributed by atoms with Crippen LogP contribution in [0.1, 0.15) is 37.1 Å². The average molecular weight is 375 g/mol. The molecule has 3 heterocycles. The first kappa shape index (κ1) is 17.8. The summed E-state index contributed by atoms with van der Waals surface area (Å²) in [6.45, 7) is 3.40. The molecular formula is C19H20F3N5. The van der Waals surface area contributed by atoms with Crippen LogP contribution in [0.2, 0.25) is 0 Å². The van der Waals surface area contributed by atoms with E-state index in [1.165, 1.54) is 5.56 Å². The molecule has 1 aliphatic rings. The summed E-state index contributed by atoms with van der Waals surface area (Å²) < 4.78 is 40.8. The zero-order valence-electron chi connectivity index (χ0n) is 14.9. The molecule has 1 aliphatic heterocycles. The van der Waals surface area contributed by atoms with Gasteiger partial charge in [0.2, 0.25) is 0 Å². The molecule has 0 N–H and O–H groups in total. The van der Waals surface area contributed by atoms with E-state index < -0.39 is 11.9 Å². The van der Waals surface area contributed by atoms with Gasteiger partial charge < -0.3 is 9.47 Å². The molecule has 3 aromatic rings. The third-order valence-corrected chi connectivity index (χ3v) is 5.19. The van der Waals surface area contributed by atoms with Gasteiger partial charge in [-0.15, -0.1) is 0 Å². The van der Waals surface area contributed by atoms with Crippen molar-refractivity contribution in [3.05, 3.63) is 48.2 Å². The van der Waals surface area contributed by atoms with Crippen molar-refractivity contribution in [3.8, 4) is 0 Å². The minimum atomic E-state index is -4.46. The van der Waals surface area contributed by atoms with Gasteiger partial charge in [-0.05, 0) is 30.9 Å². The van der Waals surface area contributed by atoms with Crippen molar-refractivity contribution in [1.82, 2.24) is 19.5 Å². The Morgan fingerprint density at radius 2 is 1.89 bits per heavy atom. The van der Waals surface area contributed by atoms with Crippen LogP contribution in [0.5, 0.6) is 0 Å². The van der Waals surface area contributed by atoms with Crippen LogP contribution in [-0.4, -0.2) is 32.6 Å². The number of aromatic nitrogens is 4. The molecule has 0 amide bonds. The Morgan fingerprint density at radius 1 is 1.11 bits per heavy atom. The predicted molar refractivity (Wildman–Crippen MR) is 96.6 cm³/mol. The van der Waals surface area contributed by atoms with Gasteiger partial charge >= 0.3 is 6.18 Å². The Hall–Kier alpha value is -2.64. The molecule has 8 heteroatoms. The van der Waals surface area contributed by atoms with Gasteiger partial charge in [0.25, 0.3) is 0 Å². The van der Waals surface area contributed by atoms with E-state index in [9.17, 15) is 13.2 Å². The second-order valence-corrected chi connectivity index (χ2v) is 6.77. The third kappa shape index (κ3) is 3.36. The molecule has 27 heavy (non-hydrogen) atoms. The first-order valence-corrected chi connectivity index (χ1v) is 9.06. The molecule has 0 atom stereocenters. The minimum absolute atomic E-state index is 0.280. The van der Waals surface area contributed by atoms with Crippen molar-refractivity contribution < 1.29 is 13.2 Å². The van der Waals surface area contributed by atoms with Crippen LogP contribution in [0.15, 0.2) is 36.9 Å². The first-order valence-electron chi connectivity index (χ1n) is 9.06. The summed E-state index contributed by atoms with van der Waals surface area (Å²) in [6.07, 6.45) is 1.00. The number of piperidine rings is 1. The maximum atomic E-state index is 12.9. The molecule has 2 aromatic heterocycles. The molecule has 0 aliphatic carbocycles. The molecule has 0 saturated carbocycles. The Morgan fingerprint density at radius 3 is 2.59 bits per heavy atom. The summed E-state index contributed by atoms with van der Waals surface area (Å²) in [5, 5.41) is 0. The second-order valence-electron chi connectivity index (χ2n) is 6.77. The molecule has 142 valence electrons. The lowest BCUT2D eigenvalue weighted by Crippen LogP contribution is -2.35. The molecular weight excluding hydrogens is 355 g/mol. The van der Waals surface area contributed by atoms with Crippen molar-refractivity contribution in [2.45, 2.75) is 38.4 Å². The summed E-state index contributed by atoms with van der Waals surface area (Å²) in [5.74, 6) is 0.333. The van der Waals surface area contributed by atoms with E-state index in [4.69, 9.17) is 0 Å². The average Bonchev–Trinajstić information content (AvgIpc) is 3.12. The fourth-order valence-electron chi connectivity index (χ4n) is 3.74. The van der Waals surface area contributed by atoms with E-state index >= 15 is 0 Å². The van der Waals surface area contributed by atoms with Gasteiger partial charge in [0.15, 0.2) is 0 Å². The summed E-state index contributed by atoms with van der Waals surface area (Å²) in [4.78, 5) is 13.8. The Balaban J connectivity index is 1.52.